The highest BCUT2D eigenvalue weighted by molar-refractivity contribution is 4.99. The summed E-state index contributed by atoms with van der Waals surface area (Å²) in [6, 6.07) is -0.350. The maximum Gasteiger partial charge on any atom is 0.0849 e. The molecule has 1 rings (SSSR count). The minimum atomic E-state index is -0.552. The molecule has 4 atom stereocenters. The zero-order valence-corrected chi connectivity index (χ0v) is 8.12. The lowest BCUT2D eigenvalue weighted by Gasteiger charge is -2.46. The Morgan fingerprint density at radius 2 is 1.83 bits per heavy atom. The van der Waals surface area contributed by atoms with Gasteiger partial charge in [-0.1, -0.05) is 20.8 Å². The summed E-state index contributed by atoms with van der Waals surface area (Å²) in [5.74, 6) is 0.356. The standard InChI is InChI=1S/C9H20N2O/c1-5-4-9(2,3)8(11)7(12)6(5)10/h5-8,12H,4,10-11H2,1-3H3. The first-order valence-electron chi connectivity index (χ1n) is 4.55. The van der Waals surface area contributed by atoms with Crippen molar-refractivity contribution in [1.29, 1.82) is 0 Å². The summed E-state index contributed by atoms with van der Waals surface area (Å²) in [6.45, 7) is 6.24. The molecule has 0 aromatic carbocycles. The molecule has 3 nitrogen and oxygen atoms in total. The maximum atomic E-state index is 9.70. The van der Waals surface area contributed by atoms with Gasteiger partial charge in [-0.2, -0.15) is 0 Å². The third-order valence-corrected chi connectivity index (χ3v) is 3.17. The average Bonchev–Trinajstić information content (AvgIpc) is 1.97. The van der Waals surface area contributed by atoms with Gasteiger partial charge in [0.15, 0.2) is 0 Å². The predicted octanol–water partition coefficient (Wildman–Crippen LogP) is 0.0679. The number of aliphatic hydroxyl groups excluding tert-OH is 1. The van der Waals surface area contributed by atoms with Gasteiger partial charge in [-0.25, -0.2) is 0 Å². The van der Waals surface area contributed by atoms with Crippen LogP contribution < -0.4 is 11.5 Å². The van der Waals surface area contributed by atoms with Crippen LogP contribution in [-0.2, 0) is 0 Å². The molecular formula is C9H20N2O. The second kappa shape index (κ2) is 2.98. The molecule has 1 aliphatic rings. The van der Waals surface area contributed by atoms with Crippen molar-refractivity contribution in [3.05, 3.63) is 0 Å². The summed E-state index contributed by atoms with van der Waals surface area (Å²) in [5.41, 5.74) is 11.7. The smallest absolute Gasteiger partial charge is 0.0849 e. The molecular weight excluding hydrogens is 152 g/mol. The van der Waals surface area contributed by atoms with E-state index in [1.54, 1.807) is 0 Å². The van der Waals surface area contributed by atoms with Gasteiger partial charge in [0.25, 0.3) is 0 Å². The summed E-state index contributed by atoms with van der Waals surface area (Å²) in [6.07, 6.45) is 0.440. The Balaban J connectivity index is 2.78. The Kier molecular flexibility index (Phi) is 2.47. The Morgan fingerprint density at radius 3 is 2.33 bits per heavy atom. The van der Waals surface area contributed by atoms with Crippen LogP contribution in [0.2, 0.25) is 0 Å². The van der Waals surface area contributed by atoms with Crippen molar-refractivity contribution in [3.8, 4) is 0 Å². The van der Waals surface area contributed by atoms with Crippen molar-refractivity contribution in [2.24, 2.45) is 22.8 Å². The van der Waals surface area contributed by atoms with Gasteiger partial charge in [-0.15, -0.1) is 0 Å². The van der Waals surface area contributed by atoms with Crippen molar-refractivity contribution in [1.82, 2.24) is 0 Å². The Bertz CT molecular complexity index is 170. The highest BCUT2D eigenvalue weighted by Crippen LogP contribution is 2.37. The fraction of sp³-hybridized carbons (Fsp3) is 1.00. The van der Waals surface area contributed by atoms with Crippen molar-refractivity contribution in [3.63, 3.8) is 0 Å². The van der Waals surface area contributed by atoms with E-state index >= 15 is 0 Å². The first kappa shape index (κ1) is 9.96. The first-order chi connectivity index (χ1) is 5.36. The van der Waals surface area contributed by atoms with Gasteiger partial charge < -0.3 is 16.6 Å². The van der Waals surface area contributed by atoms with Crippen molar-refractivity contribution in [2.75, 3.05) is 0 Å². The van der Waals surface area contributed by atoms with Crippen LogP contribution in [0.25, 0.3) is 0 Å². The molecule has 0 saturated heterocycles. The molecule has 0 radical (unpaired) electrons. The maximum absolute atomic E-state index is 9.70. The van der Waals surface area contributed by atoms with E-state index in [0.717, 1.165) is 6.42 Å². The first-order valence-corrected chi connectivity index (χ1v) is 4.55. The molecule has 12 heavy (non-hydrogen) atoms. The molecule has 0 aromatic heterocycles. The molecule has 5 N–H and O–H groups in total. The van der Waals surface area contributed by atoms with Crippen LogP contribution >= 0.6 is 0 Å². The second-order valence-electron chi connectivity index (χ2n) is 4.76. The number of hydrogen-bond donors (Lipinski definition) is 3. The van der Waals surface area contributed by atoms with E-state index in [1.165, 1.54) is 0 Å². The lowest BCUT2D eigenvalue weighted by Crippen LogP contribution is -2.61. The normalized spacial score (nSPS) is 47.5. The van der Waals surface area contributed by atoms with Crippen molar-refractivity contribution < 1.29 is 5.11 Å². The van der Waals surface area contributed by atoms with Crippen LogP contribution in [0.15, 0.2) is 0 Å². The molecule has 1 aliphatic carbocycles. The zero-order chi connectivity index (χ0) is 9.52. The molecule has 4 unspecified atom stereocenters. The highest BCUT2D eigenvalue weighted by atomic mass is 16.3. The van der Waals surface area contributed by atoms with Crippen LogP contribution in [0.1, 0.15) is 27.2 Å². The predicted molar refractivity (Wildman–Crippen MR) is 49.5 cm³/mol. The minimum absolute atomic E-state index is 0.00863. The van der Waals surface area contributed by atoms with E-state index in [9.17, 15) is 5.11 Å². The topological polar surface area (TPSA) is 72.3 Å². The number of aliphatic hydroxyl groups is 1. The quantitative estimate of drug-likeness (QED) is 0.484. The van der Waals surface area contributed by atoms with Gasteiger partial charge in [0.1, 0.15) is 0 Å². The van der Waals surface area contributed by atoms with Gasteiger partial charge in [0, 0.05) is 12.1 Å². The van der Waals surface area contributed by atoms with Crippen LogP contribution in [0.5, 0.6) is 0 Å². The van der Waals surface area contributed by atoms with E-state index in [0.29, 0.717) is 5.92 Å². The minimum Gasteiger partial charge on any atom is -0.390 e. The molecule has 1 saturated carbocycles. The monoisotopic (exact) mass is 172 g/mol. The summed E-state index contributed by atoms with van der Waals surface area (Å²) >= 11 is 0. The zero-order valence-electron chi connectivity index (χ0n) is 8.12. The van der Waals surface area contributed by atoms with Crippen molar-refractivity contribution >= 4 is 0 Å². The molecule has 0 bridgehead atoms. The Hall–Kier alpha value is -0.120. The van der Waals surface area contributed by atoms with Crippen LogP contribution in [0.4, 0.5) is 0 Å². The Morgan fingerprint density at radius 1 is 1.33 bits per heavy atom. The molecule has 1 fully saturated rings. The van der Waals surface area contributed by atoms with E-state index < -0.39 is 6.10 Å². The average molecular weight is 172 g/mol. The van der Waals surface area contributed by atoms with E-state index in [-0.39, 0.29) is 17.5 Å². The SMILES string of the molecule is CC1CC(C)(C)C(N)C(O)C1N. The fourth-order valence-electron chi connectivity index (χ4n) is 2.14. The summed E-state index contributed by atoms with van der Waals surface area (Å²) in [4.78, 5) is 0. The molecule has 3 heteroatoms. The molecule has 0 heterocycles. The third kappa shape index (κ3) is 1.49. The molecule has 72 valence electrons. The largest absolute Gasteiger partial charge is 0.390 e. The number of nitrogens with two attached hydrogens (primary N) is 2. The van der Waals surface area contributed by atoms with Crippen LogP contribution in [0, 0.1) is 11.3 Å². The second-order valence-corrected chi connectivity index (χ2v) is 4.76. The third-order valence-electron chi connectivity index (χ3n) is 3.17. The van der Waals surface area contributed by atoms with Gasteiger partial charge >= 0.3 is 0 Å². The summed E-state index contributed by atoms with van der Waals surface area (Å²) in [7, 11) is 0. The Labute approximate surface area is 74.1 Å². The summed E-state index contributed by atoms with van der Waals surface area (Å²) in [5, 5.41) is 9.70. The van der Waals surface area contributed by atoms with Crippen LogP contribution in [0.3, 0.4) is 0 Å². The number of hydrogen-bond acceptors (Lipinski definition) is 3. The lowest BCUT2D eigenvalue weighted by molar-refractivity contribution is -0.00341. The summed E-state index contributed by atoms with van der Waals surface area (Å²) < 4.78 is 0. The van der Waals surface area contributed by atoms with E-state index in [4.69, 9.17) is 11.5 Å². The van der Waals surface area contributed by atoms with Crippen LogP contribution in [-0.4, -0.2) is 23.3 Å². The lowest BCUT2D eigenvalue weighted by atomic mass is 9.66. The van der Waals surface area contributed by atoms with Gasteiger partial charge in [0.05, 0.1) is 6.10 Å². The molecule has 0 aliphatic heterocycles. The van der Waals surface area contributed by atoms with E-state index in [2.05, 4.69) is 20.8 Å². The molecule has 0 aromatic rings. The van der Waals surface area contributed by atoms with Crippen molar-refractivity contribution in [2.45, 2.75) is 45.4 Å². The van der Waals surface area contributed by atoms with E-state index in [1.807, 2.05) is 0 Å². The fourth-order valence-corrected chi connectivity index (χ4v) is 2.14. The van der Waals surface area contributed by atoms with Gasteiger partial charge in [-0.05, 0) is 17.8 Å². The van der Waals surface area contributed by atoms with Gasteiger partial charge in [0.2, 0.25) is 0 Å². The van der Waals surface area contributed by atoms with Gasteiger partial charge in [-0.3, -0.25) is 0 Å². The molecule has 0 amide bonds. The number of rotatable bonds is 0. The molecule has 0 spiro atoms. The highest BCUT2D eigenvalue weighted by Gasteiger charge is 2.43.